The molecule has 0 radical (unpaired) electrons. The van der Waals surface area contributed by atoms with Crippen molar-refractivity contribution in [2.75, 3.05) is 0 Å². The number of hydrogen-bond acceptors (Lipinski definition) is 3. The second-order valence-electron chi connectivity index (χ2n) is 4.29. The van der Waals surface area contributed by atoms with Crippen molar-refractivity contribution < 1.29 is 14.3 Å². The molecule has 3 rings (SSSR count). The second-order valence-corrected chi connectivity index (χ2v) is 4.70. The lowest BCUT2D eigenvalue weighted by atomic mass is 10.1. The van der Waals surface area contributed by atoms with Crippen LogP contribution in [0.25, 0.3) is 5.76 Å². The van der Waals surface area contributed by atoms with Crippen molar-refractivity contribution in [1.82, 2.24) is 0 Å². The molecule has 2 aromatic carbocycles. The average Bonchev–Trinajstić information content (AvgIpc) is 2.78. The van der Waals surface area contributed by atoms with Gasteiger partial charge in [0.05, 0.1) is 16.1 Å². The van der Waals surface area contributed by atoms with E-state index in [-0.39, 0.29) is 11.5 Å². The maximum atomic E-state index is 12.1. The Labute approximate surface area is 120 Å². The molecule has 4 heteroatoms. The van der Waals surface area contributed by atoms with Crippen molar-refractivity contribution in [1.29, 1.82) is 0 Å². The Morgan fingerprint density at radius 1 is 1.05 bits per heavy atom. The minimum Gasteiger partial charge on any atom is -0.422 e. The van der Waals surface area contributed by atoms with Crippen molar-refractivity contribution in [3.05, 3.63) is 76.3 Å². The van der Waals surface area contributed by atoms with Crippen LogP contribution in [-0.4, -0.2) is 11.8 Å². The molecule has 0 fully saturated rings. The van der Waals surface area contributed by atoms with E-state index >= 15 is 0 Å². The highest BCUT2D eigenvalue weighted by Gasteiger charge is 2.29. The summed E-state index contributed by atoms with van der Waals surface area (Å²) in [6.45, 7) is 0. The van der Waals surface area contributed by atoms with Crippen molar-refractivity contribution in [3.8, 4) is 0 Å². The summed E-state index contributed by atoms with van der Waals surface area (Å²) in [6.07, 6.45) is 1.30. The number of carbonyl (C=O) groups is 2. The third-order valence-corrected chi connectivity index (χ3v) is 3.32. The largest absolute Gasteiger partial charge is 0.422 e. The zero-order valence-corrected chi connectivity index (χ0v) is 11.1. The fraction of sp³-hybridized carbons (Fsp3) is 0. The van der Waals surface area contributed by atoms with Crippen molar-refractivity contribution in [3.63, 3.8) is 0 Å². The molecule has 0 spiro atoms. The SMILES string of the molecule is O=C(C=C1OC(=O)c2cccc(Cl)c21)c1ccccc1. The molecule has 2 aromatic rings. The van der Waals surface area contributed by atoms with Gasteiger partial charge in [-0.2, -0.15) is 0 Å². The lowest BCUT2D eigenvalue weighted by Crippen LogP contribution is -1.96. The molecule has 0 saturated heterocycles. The minimum absolute atomic E-state index is 0.199. The van der Waals surface area contributed by atoms with Crippen molar-refractivity contribution >= 4 is 29.1 Å². The number of benzene rings is 2. The molecule has 0 atom stereocenters. The number of ether oxygens (including phenoxy) is 1. The van der Waals surface area contributed by atoms with Crippen molar-refractivity contribution in [2.45, 2.75) is 0 Å². The summed E-state index contributed by atoms with van der Waals surface area (Å²) >= 11 is 6.07. The molecule has 0 N–H and O–H groups in total. The molecular weight excluding hydrogens is 276 g/mol. The molecule has 98 valence electrons. The van der Waals surface area contributed by atoms with Crippen LogP contribution < -0.4 is 0 Å². The predicted molar refractivity (Wildman–Crippen MR) is 75.6 cm³/mol. The number of esters is 1. The van der Waals surface area contributed by atoms with Gasteiger partial charge in [0.1, 0.15) is 5.76 Å². The number of carbonyl (C=O) groups excluding carboxylic acids is 2. The molecule has 0 saturated carbocycles. The van der Waals surface area contributed by atoms with Crippen LogP contribution in [0.2, 0.25) is 5.02 Å². The molecule has 3 nitrogen and oxygen atoms in total. The van der Waals surface area contributed by atoms with Crippen LogP contribution in [0.4, 0.5) is 0 Å². The summed E-state index contributed by atoms with van der Waals surface area (Å²) in [6, 6.07) is 13.7. The van der Waals surface area contributed by atoms with E-state index in [1.54, 1.807) is 42.5 Å². The van der Waals surface area contributed by atoms with Gasteiger partial charge in [0.2, 0.25) is 0 Å². The first-order valence-electron chi connectivity index (χ1n) is 5.99. The predicted octanol–water partition coefficient (Wildman–Crippen LogP) is 3.73. The summed E-state index contributed by atoms with van der Waals surface area (Å²) in [4.78, 5) is 23.8. The van der Waals surface area contributed by atoms with Crippen LogP contribution in [0, 0.1) is 0 Å². The first-order valence-corrected chi connectivity index (χ1v) is 6.37. The molecule has 0 bridgehead atoms. The molecule has 1 aliphatic rings. The Hall–Kier alpha value is -2.39. The highest BCUT2D eigenvalue weighted by atomic mass is 35.5. The Bertz CT molecular complexity index is 733. The van der Waals surface area contributed by atoms with E-state index < -0.39 is 5.97 Å². The van der Waals surface area contributed by atoms with Gasteiger partial charge in [-0.3, -0.25) is 4.79 Å². The van der Waals surface area contributed by atoms with E-state index in [0.717, 1.165) is 0 Å². The maximum Gasteiger partial charge on any atom is 0.344 e. The van der Waals surface area contributed by atoms with E-state index in [1.165, 1.54) is 6.08 Å². The number of rotatable bonds is 2. The lowest BCUT2D eigenvalue weighted by Gasteiger charge is -2.01. The molecular formula is C16H9ClO3. The highest BCUT2D eigenvalue weighted by Crippen LogP contribution is 2.35. The quantitative estimate of drug-likeness (QED) is 0.479. The fourth-order valence-corrected chi connectivity index (χ4v) is 2.32. The van der Waals surface area contributed by atoms with Crippen LogP contribution in [0.1, 0.15) is 26.3 Å². The van der Waals surface area contributed by atoms with E-state index in [2.05, 4.69) is 0 Å². The van der Waals surface area contributed by atoms with Crippen molar-refractivity contribution in [2.24, 2.45) is 0 Å². The normalized spacial score (nSPS) is 15.1. The monoisotopic (exact) mass is 284 g/mol. The van der Waals surface area contributed by atoms with Gasteiger partial charge in [-0.1, -0.05) is 48.0 Å². The lowest BCUT2D eigenvalue weighted by molar-refractivity contribution is 0.0715. The smallest absolute Gasteiger partial charge is 0.344 e. The van der Waals surface area contributed by atoms with E-state index in [0.29, 0.717) is 21.7 Å². The number of hydrogen-bond donors (Lipinski definition) is 0. The number of fused-ring (bicyclic) bond motifs is 1. The summed E-state index contributed by atoms with van der Waals surface area (Å²) < 4.78 is 5.12. The number of halogens is 1. The minimum atomic E-state index is -0.491. The van der Waals surface area contributed by atoms with Gasteiger partial charge >= 0.3 is 5.97 Å². The molecule has 1 heterocycles. The Morgan fingerprint density at radius 3 is 2.55 bits per heavy atom. The van der Waals surface area contributed by atoms with Crippen LogP contribution in [-0.2, 0) is 4.74 Å². The third kappa shape index (κ3) is 2.12. The summed E-state index contributed by atoms with van der Waals surface area (Å²) in [5.41, 5.74) is 1.38. The number of ketones is 1. The molecule has 0 aliphatic carbocycles. The van der Waals surface area contributed by atoms with Gasteiger partial charge in [-0.05, 0) is 12.1 Å². The Morgan fingerprint density at radius 2 is 1.80 bits per heavy atom. The molecule has 0 amide bonds. The zero-order valence-electron chi connectivity index (χ0n) is 10.3. The first-order chi connectivity index (χ1) is 9.66. The number of cyclic esters (lactones) is 1. The molecule has 0 unspecified atom stereocenters. The van der Waals surface area contributed by atoms with E-state index in [1.807, 2.05) is 6.07 Å². The highest BCUT2D eigenvalue weighted by molar-refractivity contribution is 6.33. The Kier molecular flexibility index (Phi) is 3.12. The van der Waals surface area contributed by atoms with E-state index in [9.17, 15) is 9.59 Å². The average molecular weight is 285 g/mol. The van der Waals surface area contributed by atoms with Gasteiger partial charge in [0.25, 0.3) is 0 Å². The van der Waals surface area contributed by atoms with Gasteiger partial charge in [-0.25, -0.2) is 4.79 Å². The van der Waals surface area contributed by atoms with Crippen LogP contribution >= 0.6 is 11.6 Å². The third-order valence-electron chi connectivity index (χ3n) is 3.00. The summed E-state index contributed by atoms with van der Waals surface area (Å²) in [5, 5.41) is 0.389. The second kappa shape index (κ2) is 4.94. The van der Waals surface area contributed by atoms with Crippen LogP contribution in [0.5, 0.6) is 0 Å². The first kappa shape index (κ1) is 12.6. The molecule has 1 aliphatic heterocycles. The molecule has 0 aromatic heterocycles. The van der Waals surface area contributed by atoms with Gasteiger partial charge in [-0.15, -0.1) is 0 Å². The van der Waals surface area contributed by atoms with E-state index in [4.69, 9.17) is 16.3 Å². The maximum absolute atomic E-state index is 12.1. The summed E-state index contributed by atoms with van der Waals surface area (Å²) in [5.74, 6) is -0.528. The standard InChI is InChI=1S/C16H9ClO3/c17-12-8-4-7-11-15(12)14(20-16(11)19)9-13(18)10-5-2-1-3-6-10/h1-9H. The van der Waals surface area contributed by atoms with Crippen LogP contribution in [0.15, 0.2) is 54.6 Å². The summed E-state index contributed by atoms with van der Waals surface area (Å²) in [7, 11) is 0. The molecule has 20 heavy (non-hydrogen) atoms. The van der Waals surface area contributed by atoms with Gasteiger partial charge in [0, 0.05) is 11.6 Å². The Balaban J connectivity index is 2.04. The number of allylic oxidation sites excluding steroid dienone is 1. The zero-order chi connectivity index (χ0) is 14.1. The van der Waals surface area contributed by atoms with Gasteiger partial charge in [0.15, 0.2) is 5.78 Å². The topological polar surface area (TPSA) is 43.4 Å². The van der Waals surface area contributed by atoms with Gasteiger partial charge < -0.3 is 4.74 Å². The fourth-order valence-electron chi connectivity index (χ4n) is 2.06. The van der Waals surface area contributed by atoms with Crippen LogP contribution in [0.3, 0.4) is 0 Å².